The molecule has 0 aromatic rings. The highest BCUT2D eigenvalue weighted by atomic mass is 16.6. The van der Waals surface area contributed by atoms with Gasteiger partial charge in [-0.05, 0) is 25.7 Å². The third kappa shape index (κ3) is 35.9. The van der Waals surface area contributed by atoms with Crippen LogP contribution in [0, 0.1) is 5.41 Å². The van der Waals surface area contributed by atoms with Crippen LogP contribution in [0.2, 0.25) is 0 Å². The highest BCUT2D eigenvalue weighted by Gasteiger charge is 2.70. The molecule has 0 aromatic heterocycles. The molecule has 0 radical (unpaired) electrons. The average Bonchev–Trinajstić information content (AvgIpc) is 3.91. The molecular weight excluding hydrogens is 823 g/mol. The Kier molecular flexibility index (Phi) is 43.6. The van der Waals surface area contributed by atoms with E-state index >= 15 is 0 Å². The molecule has 9 nitrogen and oxygen atoms in total. The van der Waals surface area contributed by atoms with Crippen LogP contribution >= 0.6 is 0 Å². The Morgan fingerprint density at radius 2 is 0.530 bits per heavy atom. The highest BCUT2D eigenvalue weighted by molar-refractivity contribution is 5.70. The van der Waals surface area contributed by atoms with Crippen LogP contribution in [0.3, 0.4) is 0 Å². The number of carbonyl (C=O) groups is 3. The normalized spacial score (nSPS) is 16.5. The van der Waals surface area contributed by atoms with Crippen molar-refractivity contribution in [2.75, 3.05) is 26.2 Å². The summed E-state index contributed by atoms with van der Waals surface area (Å²) in [5.74, 6) is 0. The lowest BCUT2D eigenvalue weighted by Gasteiger charge is -2.16. The van der Waals surface area contributed by atoms with Gasteiger partial charge in [-0.1, -0.05) is 278 Å². The van der Waals surface area contributed by atoms with Gasteiger partial charge in [-0.3, -0.25) is 0 Å². The summed E-state index contributed by atoms with van der Waals surface area (Å²) in [7, 11) is 0. The quantitative estimate of drug-likeness (QED) is 0.0413. The Morgan fingerprint density at radius 1 is 0.318 bits per heavy atom. The summed E-state index contributed by atoms with van der Waals surface area (Å²) in [4.78, 5) is 38.8. The van der Waals surface area contributed by atoms with Crippen molar-refractivity contribution in [1.29, 1.82) is 0 Å². The second-order valence-electron chi connectivity index (χ2n) is 20.4. The molecule has 1 aliphatic rings. The van der Waals surface area contributed by atoms with Crippen LogP contribution in [0.15, 0.2) is 0 Å². The van der Waals surface area contributed by atoms with Crippen LogP contribution < -0.4 is 16.0 Å². The van der Waals surface area contributed by atoms with Crippen molar-refractivity contribution >= 4 is 18.3 Å². The molecule has 1 aliphatic carbocycles. The van der Waals surface area contributed by atoms with E-state index in [0.29, 0.717) is 26.1 Å². The number of alkyl carbamates (subject to hydrolysis) is 3. The van der Waals surface area contributed by atoms with Crippen LogP contribution in [0.5, 0.6) is 0 Å². The van der Waals surface area contributed by atoms with Gasteiger partial charge < -0.3 is 30.2 Å². The van der Waals surface area contributed by atoms with E-state index in [0.717, 1.165) is 38.5 Å². The van der Waals surface area contributed by atoms with Gasteiger partial charge in [0.1, 0.15) is 6.61 Å². The van der Waals surface area contributed by atoms with E-state index in [1.807, 2.05) is 6.92 Å². The predicted octanol–water partition coefficient (Wildman–Crippen LogP) is 17.8. The van der Waals surface area contributed by atoms with Gasteiger partial charge >= 0.3 is 18.3 Å². The standard InChI is InChI=1S/C57H111N3O6/c1-5-9-12-15-18-21-24-27-30-33-36-39-42-45-48-58-54(61)64-51-57(8-4)52(65-55(62)59-49-46-43-40-37-34-31-28-25-22-19-16-13-10-6-2)53(57)66-56(63)60-50-47-44-41-38-35-32-29-26-23-20-17-14-11-7-3/h52-53H,5-51H2,1-4H3,(H,58,61)(H,59,62)(H,60,63). The van der Waals surface area contributed by atoms with Crippen LogP contribution in [0.4, 0.5) is 14.4 Å². The van der Waals surface area contributed by atoms with Crippen LogP contribution in [-0.2, 0) is 14.2 Å². The van der Waals surface area contributed by atoms with Gasteiger partial charge in [-0.15, -0.1) is 0 Å². The van der Waals surface area contributed by atoms with Crippen molar-refractivity contribution in [2.45, 2.75) is 316 Å². The molecule has 1 rings (SSSR count). The van der Waals surface area contributed by atoms with E-state index in [2.05, 4.69) is 36.7 Å². The molecule has 3 N–H and O–H groups in total. The first kappa shape index (κ1) is 61.8. The maximum atomic E-state index is 13.0. The first-order valence-electron chi connectivity index (χ1n) is 29.2. The van der Waals surface area contributed by atoms with Crippen molar-refractivity contribution < 1.29 is 28.6 Å². The smallest absolute Gasteiger partial charge is 0.407 e. The summed E-state index contributed by atoms with van der Waals surface area (Å²) in [6.45, 7) is 10.5. The molecule has 0 spiro atoms. The minimum absolute atomic E-state index is 0.0158. The number of unbranched alkanes of at least 4 members (excludes halogenated alkanes) is 39. The van der Waals surface area contributed by atoms with Crippen molar-refractivity contribution in [3.05, 3.63) is 0 Å². The molecule has 3 amide bonds. The molecule has 390 valence electrons. The number of rotatable bonds is 50. The Bertz CT molecular complexity index is 1040. The van der Waals surface area contributed by atoms with Gasteiger partial charge in [0.2, 0.25) is 0 Å². The van der Waals surface area contributed by atoms with Gasteiger partial charge in [0.15, 0.2) is 12.2 Å². The monoisotopic (exact) mass is 934 g/mol. The molecule has 1 saturated carbocycles. The molecular formula is C57H111N3O6. The predicted molar refractivity (Wildman–Crippen MR) is 280 cm³/mol. The van der Waals surface area contributed by atoms with Gasteiger partial charge in [-0.2, -0.15) is 0 Å². The minimum Gasteiger partial charge on any atom is -0.449 e. The second-order valence-corrected chi connectivity index (χ2v) is 20.4. The molecule has 0 saturated heterocycles. The number of hydrogen-bond acceptors (Lipinski definition) is 6. The van der Waals surface area contributed by atoms with Crippen molar-refractivity contribution in [2.24, 2.45) is 5.41 Å². The summed E-state index contributed by atoms with van der Waals surface area (Å²) in [6.07, 6.45) is 51.7. The van der Waals surface area contributed by atoms with Crippen LogP contribution in [0.25, 0.3) is 0 Å². The summed E-state index contributed by atoms with van der Waals surface area (Å²) >= 11 is 0. The molecule has 9 heteroatoms. The molecule has 66 heavy (non-hydrogen) atoms. The van der Waals surface area contributed by atoms with E-state index in [-0.39, 0.29) is 6.61 Å². The number of amides is 3. The number of ether oxygens (including phenoxy) is 3. The van der Waals surface area contributed by atoms with E-state index in [1.165, 1.54) is 231 Å². The summed E-state index contributed by atoms with van der Waals surface area (Å²) < 4.78 is 17.5. The van der Waals surface area contributed by atoms with E-state index in [1.54, 1.807) is 0 Å². The molecule has 0 heterocycles. The Morgan fingerprint density at radius 3 is 0.758 bits per heavy atom. The largest absolute Gasteiger partial charge is 0.449 e. The number of nitrogens with one attached hydrogen (secondary N) is 3. The maximum absolute atomic E-state index is 13.0. The Hall–Kier alpha value is -2.19. The van der Waals surface area contributed by atoms with Gasteiger partial charge in [-0.25, -0.2) is 14.4 Å². The lowest BCUT2D eigenvalue weighted by molar-refractivity contribution is 0.0795. The lowest BCUT2D eigenvalue weighted by atomic mass is 10.0. The number of hydrogen-bond donors (Lipinski definition) is 3. The van der Waals surface area contributed by atoms with Gasteiger partial charge in [0.25, 0.3) is 0 Å². The minimum atomic E-state index is -0.773. The molecule has 0 bridgehead atoms. The van der Waals surface area contributed by atoms with Crippen molar-refractivity contribution in [1.82, 2.24) is 16.0 Å². The summed E-state index contributed by atoms with van der Waals surface area (Å²) in [6, 6.07) is 0. The first-order valence-corrected chi connectivity index (χ1v) is 29.2. The van der Waals surface area contributed by atoms with Crippen molar-refractivity contribution in [3.63, 3.8) is 0 Å². The zero-order valence-corrected chi connectivity index (χ0v) is 44.3. The fourth-order valence-corrected chi connectivity index (χ4v) is 9.54. The molecule has 0 aliphatic heterocycles. The van der Waals surface area contributed by atoms with E-state index < -0.39 is 35.9 Å². The molecule has 2 unspecified atom stereocenters. The Labute approximate surface area is 409 Å². The van der Waals surface area contributed by atoms with Crippen LogP contribution in [0.1, 0.15) is 304 Å². The third-order valence-corrected chi connectivity index (χ3v) is 14.3. The van der Waals surface area contributed by atoms with Gasteiger partial charge in [0.05, 0.1) is 5.41 Å². The fourth-order valence-electron chi connectivity index (χ4n) is 9.54. The number of carbonyl (C=O) groups excluding carboxylic acids is 3. The second kappa shape index (κ2) is 46.5. The zero-order chi connectivity index (χ0) is 47.9. The van der Waals surface area contributed by atoms with Gasteiger partial charge in [0, 0.05) is 19.6 Å². The summed E-state index contributed by atoms with van der Waals surface area (Å²) in [5.41, 5.74) is -0.773. The topological polar surface area (TPSA) is 115 Å². The molecule has 2 atom stereocenters. The lowest BCUT2D eigenvalue weighted by Crippen LogP contribution is -2.31. The third-order valence-electron chi connectivity index (χ3n) is 14.3. The fraction of sp³-hybridized carbons (Fsp3) is 0.947. The molecule has 0 aromatic carbocycles. The maximum Gasteiger partial charge on any atom is 0.407 e. The van der Waals surface area contributed by atoms with Crippen molar-refractivity contribution in [3.8, 4) is 0 Å². The summed E-state index contributed by atoms with van der Waals surface area (Å²) in [5, 5.41) is 8.73. The molecule has 1 fully saturated rings. The SMILES string of the molecule is CCCCCCCCCCCCCCCCNC(=O)OCC1(CC)C(OC(=O)NCCCCCCCCCCCCCCCC)C1OC(=O)NCCCCCCCCCCCCCCCC. The Balaban J connectivity index is 2.38. The first-order chi connectivity index (χ1) is 32.4. The highest BCUT2D eigenvalue weighted by Crippen LogP contribution is 2.54. The average molecular weight is 935 g/mol. The zero-order valence-electron chi connectivity index (χ0n) is 44.3. The van der Waals surface area contributed by atoms with E-state index in [4.69, 9.17) is 14.2 Å². The van der Waals surface area contributed by atoms with Crippen LogP contribution in [-0.4, -0.2) is 56.7 Å². The van der Waals surface area contributed by atoms with E-state index in [9.17, 15) is 14.4 Å².